The Labute approximate surface area is 160 Å². The lowest BCUT2D eigenvalue weighted by atomic mass is 9.86. The second kappa shape index (κ2) is 7.34. The number of aryl methyl sites for hydroxylation is 2. The van der Waals surface area contributed by atoms with Gasteiger partial charge in [-0.1, -0.05) is 0 Å². The second-order valence-electron chi connectivity index (χ2n) is 6.77. The van der Waals surface area contributed by atoms with Gasteiger partial charge in [0.05, 0.1) is 17.9 Å². The molecule has 2 aromatic heterocycles. The SMILES string of the molecule is CCOC(=O)C1CCCc2sc3nc(C)n(C(C(C)=O)C(C)=O)c(=O)c3c21. The Bertz CT molecular complexity index is 990. The molecule has 0 bridgehead atoms. The van der Waals surface area contributed by atoms with E-state index in [1.807, 2.05) is 0 Å². The molecule has 8 heteroatoms. The highest BCUT2D eigenvalue weighted by Gasteiger charge is 2.35. The van der Waals surface area contributed by atoms with Gasteiger partial charge in [-0.15, -0.1) is 11.3 Å². The van der Waals surface area contributed by atoms with Gasteiger partial charge in [-0.05, 0) is 52.5 Å². The van der Waals surface area contributed by atoms with Crippen LogP contribution in [0.3, 0.4) is 0 Å². The van der Waals surface area contributed by atoms with E-state index >= 15 is 0 Å². The molecule has 1 aliphatic carbocycles. The van der Waals surface area contributed by atoms with Crippen molar-refractivity contribution >= 4 is 39.1 Å². The number of ketones is 2. The van der Waals surface area contributed by atoms with Crippen molar-refractivity contribution in [3.05, 3.63) is 26.6 Å². The Morgan fingerprint density at radius 2 is 1.96 bits per heavy atom. The molecule has 7 nitrogen and oxygen atoms in total. The van der Waals surface area contributed by atoms with Crippen LogP contribution in [-0.2, 0) is 25.5 Å². The van der Waals surface area contributed by atoms with Crippen LogP contribution in [0.25, 0.3) is 10.2 Å². The van der Waals surface area contributed by atoms with Gasteiger partial charge < -0.3 is 4.74 Å². The normalized spacial score (nSPS) is 16.4. The Balaban J connectivity index is 2.31. The first kappa shape index (κ1) is 19.4. The van der Waals surface area contributed by atoms with E-state index in [2.05, 4.69) is 4.98 Å². The summed E-state index contributed by atoms with van der Waals surface area (Å²) in [7, 11) is 0. The van der Waals surface area contributed by atoms with Gasteiger partial charge in [-0.25, -0.2) is 4.98 Å². The number of ether oxygens (including phenoxy) is 1. The van der Waals surface area contributed by atoms with Crippen LogP contribution in [0.2, 0.25) is 0 Å². The highest BCUT2D eigenvalue weighted by molar-refractivity contribution is 7.18. The lowest BCUT2D eigenvalue weighted by Crippen LogP contribution is -2.35. The smallest absolute Gasteiger partial charge is 0.313 e. The third kappa shape index (κ3) is 3.22. The van der Waals surface area contributed by atoms with Crippen molar-refractivity contribution < 1.29 is 19.1 Å². The maximum absolute atomic E-state index is 13.3. The van der Waals surface area contributed by atoms with E-state index in [1.165, 1.54) is 25.2 Å². The molecule has 1 unspecified atom stereocenters. The molecule has 1 aliphatic rings. The molecule has 0 fully saturated rings. The van der Waals surface area contributed by atoms with E-state index < -0.39 is 29.1 Å². The first-order valence-corrected chi connectivity index (χ1v) is 9.81. The number of hydrogen-bond donors (Lipinski definition) is 0. The zero-order valence-electron chi connectivity index (χ0n) is 15.8. The monoisotopic (exact) mass is 390 g/mol. The number of carbonyl (C=O) groups is 3. The standard InChI is InChI=1S/C19H22N2O5S/c1-5-26-19(25)12-7-6-8-13-14(12)15-17(27-13)20-11(4)21(18(15)24)16(9(2)22)10(3)23/h12,16H,5-8H2,1-4H3. The molecular formula is C19H22N2O5S. The maximum Gasteiger partial charge on any atom is 0.313 e. The molecule has 1 atom stereocenters. The highest BCUT2D eigenvalue weighted by atomic mass is 32.1. The van der Waals surface area contributed by atoms with Crippen LogP contribution in [0.5, 0.6) is 0 Å². The number of hydrogen-bond acceptors (Lipinski definition) is 7. The van der Waals surface area contributed by atoms with Crippen LogP contribution >= 0.6 is 11.3 Å². The van der Waals surface area contributed by atoms with E-state index in [0.717, 1.165) is 22.3 Å². The average Bonchev–Trinajstić information content (AvgIpc) is 2.95. The lowest BCUT2D eigenvalue weighted by Gasteiger charge is -2.22. The predicted octanol–water partition coefficient (Wildman–Crippen LogP) is 2.47. The third-order valence-corrected chi connectivity index (χ3v) is 6.05. The van der Waals surface area contributed by atoms with Crippen LogP contribution < -0.4 is 5.56 Å². The maximum atomic E-state index is 13.3. The van der Waals surface area contributed by atoms with Crippen LogP contribution in [-0.4, -0.2) is 33.7 Å². The number of rotatable bonds is 5. The fraction of sp³-hybridized carbons (Fsp3) is 0.526. The second-order valence-corrected chi connectivity index (χ2v) is 7.86. The van der Waals surface area contributed by atoms with Gasteiger partial charge in [0, 0.05) is 4.88 Å². The summed E-state index contributed by atoms with van der Waals surface area (Å²) in [4.78, 5) is 55.8. The first-order chi connectivity index (χ1) is 12.8. The van der Waals surface area contributed by atoms with Crippen molar-refractivity contribution in [1.29, 1.82) is 0 Å². The van der Waals surface area contributed by atoms with Crippen molar-refractivity contribution in [1.82, 2.24) is 9.55 Å². The minimum atomic E-state index is -1.20. The summed E-state index contributed by atoms with van der Waals surface area (Å²) < 4.78 is 6.37. The third-order valence-electron chi connectivity index (χ3n) is 4.89. The number of carbonyl (C=O) groups excluding carboxylic acids is 3. The number of esters is 1. The molecule has 27 heavy (non-hydrogen) atoms. The van der Waals surface area contributed by atoms with E-state index in [0.29, 0.717) is 28.0 Å². The van der Waals surface area contributed by atoms with E-state index in [4.69, 9.17) is 4.74 Å². The first-order valence-electron chi connectivity index (χ1n) is 8.99. The molecule has 0 N–H and O–H groups in total. The zero-order chi connectivity index (χ0) is 19.9. The number of thiophene rings is 1. The fourth-order valence-corrected chi connectivity index (χ4v) is 5.14. The molecule has 3 rings (SSSR count). The van der Waals surface area contributed by atoms with Crippen LogP contribution in [0.1, 0.15) is 61.8 Å². The summed E-state index contributed by atoms with van der Waals surface area (Å²) >= 11 is 1.40. The van der Waals surface area contributed by atoms with Gasteiger partial charge in [0.25, 0.3) is 5.56 Å². The summed E-state index contributed by atoms with van der Waals surface area (Å²) in [5.74, 6) is -1.38. The zero-order valence-corrected chi connectivity index (χ0v) is 16.6. The van der Waals surface area contributed by atoms with E-state index in [-0.39, 0.29) is 12.6 Å². The number of aromatic nitrogens is 2. The van der Waals surface area contributed by atoms with Crippen molar-refractivity contribution in [2.24, 2.45) is 0 Å². The van der Waals surface area contributed by atoms with Crippen LogP contribution in [0.4, 0.5) is 0 Å². The molecule has 0 aromatic carbocycles. The topological polar surface area (TPSA) is 95.3 Å². The minimum absolute atomic E-state index is 0.269. The van der Waals surface area contributed by atoms with Gasteiger partial charge >= 0.3 is 5.97 Å². The Hall–Kier alpha value is -2.35. The van der Waals surface area contributed by atoms with Crippen LogP contribution in [0, 0.1) is 6.92 Å². The molecule has 144 valence electrons. The number of Topliss-reactive ketones (excluding diaryl/α,β-unsaturated/α-hetero) is 2. The minimum Gasteiger partial charge on any atom is -0.466 e. The van der Waals surface area contributed by atoms with Gasteiger partial charge in [0.2, 0.25) is 0 Å². The summed E-state index contributed by atoms with van der Waals surface area (Å²) in [6, 6.07) is -1.20. The number of fused-ring (bicyclic) bond motifs is 3. The quantitative estimate of drug-likeness (QED) is 0.575. The Morgan fingerprint density at radius 3 is 2.56 bits per heavy atom. The largest absolute Gasteiger partial charge is 0.466 e. The summed E-state index contributed by atoms with van der Waals surface area (Å²) in [6.07, 6.45) is 2.21. The van der Waals surface area contributed by atoms with Crippen molar-refractivity contribution in [3.8, 4) is 0 Å². The Kier molecular flexibility index (Phi) is 5.28. The molecule has 0 aliphatic heterocycles. The highest BCUT2D eigenvalue weighted by Crippen LogP contribution is 2.41. The predicted molar refractivity (Wildman–Crippen MR) is 101 cm³/mol. The van der Waals surface area contributed by atoms with Gasteiger partial charge in [-0.3, -0.25) is 23.7 Å². The Morgan fingerprint density at radius 1 is 1.30 bits per heavy atom. The van der Waals surface area contributed by atoms with Crippen molar-refractivity contribution in [3.63, 3.8) is 0 Å². The summed E-state index contributed by atoms with van der Waals surface area (Å²) in [5, 5.41) is 0.339. The lowest BCUT2D eigenvalue weighted by molar-refractivity contribution is -0.145. The molecule has 0 radical (unpaired) electrons. The molecule has 2 aromatic rings. The summed E-state index contributed by atoms with van der Waals surface area (Å²) in [6.45, 7) is 6.20. The van der Waals surface area contributed by atoms with Crippen molar-refractivity contribution in [2.75, 3.05) is 6.61 Å². The fourth-order valence-electron chi connectivity index (χ4n) is 3.83. The van der Waals surface area contributed by atoms with Crippen molar-refractivity contribution in [2.45, 2.75) is 58.9 Å². The van der Waals surface area contributed by atoms with Gasteiger partial charge in [-0.2, -0.15) is 0 Å². The molecule has 0 spiro atoms. The molecule has 2 heterocycles. The number of nitrogens with zero attached hydrogens (tertiary/aromatic N) is 2. The average molecular weight is 390 g/mol. The molecular weight excluding hydrogens is 368 g/mol. The molecule has 0 saturated heterocycles. The summed E-state index contributed by atoms with van der Waals surface area (Å²) in [5.41, 5.74) is 0.221. The van der Waals surface area contributed by atoms with Gasteiger partial charge in [0.15, 0.2) is 17.6 Å². The van der Waals surface area contributed by atoms with Gasteiger partial charge in [0.1, 0.15) is 10.7 Å². The van der Waals surface area contributed by atoms with E-state index in [1.54, 1.807) is 13.8 Å². The molecule has 0 amide bonds. The van der Waals surface area contributed by atoms with E-state index in [9.17, 15) is 19.2 Å². The molecule has 0 saturated carbocycles. The van der Waals surface area contributed by atoms with Crippen LogP contribution in [0.15, 0.2) is 4.79 Å².